The highest BCUT2D eigenvalue weighted by molar-refractivity contribution is 5.83. The monoisotopic (exact) mass is 449 g/mol. The van der Waals surface area contributed by atoms with Crippen LogP contribution in [0.2, 0.25) is 0 Å². The molecule has 0 saturated carbocycles. The third kappa shape index (κ3) is 6.22. The van der Waals surface area contributed by atoms with Crippen molar-refractivity contribution in [1.29, 1.82) is 0 Å². The lowest BCUT2D eigenvalue weighted by Gasteiger charge is -2.19. The van der Waals surface area contributed by atoms with Crippen molar-refractivity contribution < 1.29 is 32.2 Å². The lowest BCUT2D eigenvalue weighted by atomic mass is 10.0. The average Bonchev–Trinajstić information content (AvgIpc) is 3.23. The van der Waals surface area contributed by atoms with Gasteiger partial charge in [0.2, 0.25) is 12.7 Å². The standard InChI is InChI=1S/C22H22F3N3O4/c1-2-14-3-6-16(7-4-14)17(27-21(30)22(23,24)25)12-20(29)28-26-10-9-15-5-8-18-19(11-15)32-13-31-18/h3-8,10-11,17H,2,9,12-13H2,1H3,(H,27,30)(H,28,29)/b26-10-/t17-/m1/s1. The molecule has 0 unspecified atom stereocenters. The molecular weight excluding hydrogens is 427 g/mol. The number of hydrogen-bond donors (Lipinski definition) is 2. The number of carbonyl (C=O) groups excluding carboxylic acids is 2. The van der Waals surface area contributed by atoms with Gasteiger partial charge in [0.05, 0.1) is 12.5 Å². The zero-order valence-electron chi connectivity index (χ0n) is 17.2. The van der Waals surface area contributed by atoms with Crippen molar-refractivity contribution >= 4 is 18.0 Å². The van der Waals surface area contributed by atoms with Gasteiger partial charge in [-0.25, -0.2) is 5.43 Å². The molecule has 7 nitrogen and oxygen atoms in total. The van der Waals surface area contributed by atoms with E-state index in [9.17, 15) is 22.8 Å². The van der Waals surface area contributed by atoms with Crippen LogP contribution in [0.1, 0.15) is 36.1 Å². The molecule has 2 aromatic rings. The maximum Gasteiger partial charge on any atom is 0.471 e. The first kappa shape index (κ1) is 23.1. The van der Waals surface area contributed by atoms with Gasteiger partial charge in [-0.1, -0.05) is 37.3 Å². The normalized spacial score (nSPS) is 13.8. The number of rotatable bonds is 8. The largest absolute Gasteiger partial charge is 0.471 e. The molecule has 1 aliphatic heterocycles. The molecule has 1 aliphatic rings. The number of nitrogens with one attached hydrogen (secondary N) is 2. The minimum Gasteiger partial charge on any atom is -0.454 e. The summed E-state index contributed by atoms with van der Waals surface area (Å²) in [5.41, 5.74) is 4.52. The molecule has 0 aliphatic carbocycles. The summed E-state index contributed by atoms with van der Waals surface area (Å²) in [4.78, 5) is 23.7. The molecule has 0 aromatic heterocycles. The van der Waals surface area contributed by atoms with Crippen LogP contribution in [0.3, 0.4) is 0 Å². The summed E-state index contributed by atoms with van der Waals surface area (Å²) in [6.07, 6.45) is -2.87. The maximum atomic E-state index is 12.7. The number of halogens is 3. The first-order valence-electron chi connectivity index (χ1n) is 9.91. The summed E-state index contributed by atoms with van der Waals surface area (Å²) >= 11 is 0. The Labute approximate surface area is 182 Å². The molecule has 3 rings (SSSR count). The van der Waals surface area contributed by atoms with E-state index in [1.54, 1.807) is 36.4 Å². The second-order valence-corrected chi connectivity index (χ2v) is 7.06. The topological polar surface area (TPSA) is 89.0 Å². The van der Waals surface area contributed by atoms with E-state index >= 15 is 0 Å². The van der Waals surface area contributed by atoms with Crippen molar-refractivity contribution in [1.82, 2.24) is 10.7 Å². The summed E-state index contributed by atoms with van der Waals surface area (Å²) in [5, 5.41) is 5.71. The number of fused-ring (bicyclic) bond motifs is 1. The smallest absolute Gasteiger partial charge is 0.454 e. The molecule has 0 bridgehead atoms. The lowest BCUT2D eigenvalue weighted by Crippen LogP contribution is -2.40. The fourth-order valence-corrected chi connectivity index (χ4v) is 3.05. The van der Waals surface area contributed by atoms with E-state index in [1.165, 1.54) is 6.21 Å². The Morgan fingerprint density at radius 3 is 2.47 bits per heavy atom. The molecule has 2 aromatic carbocycles. The Hall–Kier alpha value is -3.56. The molecule has 0 fully saturated rings. The number of alkyl halides is 3. The molecule has 32 heavy (non-hydrogen) atoms. The molecule has 1 heterocycles. The molecule has 2 N–H and O–H groups in total. The van der Waals surface area contributed by atoms with Crippen LogP contribution in [0.5, 0.6) is 11.5 Å². The zero-order valence-corrected chi connectivity index (χ0v) is 17.2. The second kappa shape index (κ2) is 10.2. The average molecular weight is 449 g/mol. The number of nitrogens with zero attached hydrogens (tertiary/aromatic N) is 1. The maximum absolute atomic E-state index is 12.7. The fraction of sp³-hybridized carbons (Fsp3) is 0.318. The highest BCUT2D eigenvalue weighted by Gasteiger charge is 2.40. The van der Waals surface area contributed by atoms with Gasteiger partial charge >= 0.3 is 12.1 Å². The summed E-state index contributed by atoms with van der Waals surface area (Å²) in [6, 6.07) is 10.9. The van der Waals surface area contributed by atoms with Gasteiger partial charge in [-0.3, -0.25) is 9.59 Å². The van der Waals surface area contributed by atoms with Gasteiger partial charge in [0.25, 0.3) is 0 Å². The number of hydrazone groups is 1. The summed E-state index contributed by atoms with van der Waals surface area (Å²) in [5.74, 6) is -1.48. The summed E-state index contributed by atoms with van der Waals surface area (Å²) in [6.45, 7) is 2.10. The zero-order chi connectivity index (χ0) is 23.1. The number of hydrogen-bond acceptors (Lipinski definition) is 5. The molecule has 0 spiro atoms. The van der Waals surface area contributed by atoms with E-state index in [-0.39, 0.29) is 6.79 Å². The molecular formula is C22H22F3N3O4. The second-order valence-electron chi connectivity index (χ2n) is 7.06. The van der Waals surface area contributed by atoms with Gasteiger partial charge in [0.15, 0.2) is 11.5 Å². The number of carbonyl (C=O) groups is 2. The van der Waals surface area contributed by atoms with Gasteiger partial charge in [-0.15, -0.1) is 0 Å². The lowest BCUT2D eigenvalue weighted by molar-refractivity contribution is -0.174. The van der Waals surface area contributed by atoms with Crippen LogP contribution in [-0.2, 0) is 22.4 Å². The van der Waals surface area contributed by atoms with Gasteiger partial charge in [0.1, 0.15) is 0 Å². The third-order valence-electron chi connectivity index (χ3n) is 4.79. The molecule has 10 heteroatoms. The van der Waals surface area contributed by atoms with Crippen LogP contribution in [0, 0.1) is 0 Å². The Morgan fingerprint density at radius 1 is 1.09 bits per heavy atom. The highest BCUT2D eigenvalue weighted by atomic mass is 19.4. The van der Waals surface area contributed by atoms with Crippen LogP contribution < -0.4 is 20.2 Å². The van der Waals surface area contributed by atoms with Crippen molar-refractivity contribution in [3.63, 3.8) is 0 Å². The van der Waals surface area contributed by atoms with Crippen LogP contribution in [0.25, 0.3) is 0 Å². The van der Waals surface area contributed by atoms with Crippen LogP contribution in [0.15, 0.2) is 47.6 Å². The number of benzene rings is 2. The first-order chi connectivity index (χ1) is 15.3. The van der Waals surface area contributed by atoms with Crippen molar-refractivity contribution in [3.8, 4) is 11.5 Å². The van der Waals surface area contributed by atoms with E-state index < -0.39 is 30.5 Å². The Bertz CT molecular complexity index is 991. The minimum atomic E-state index is -5.05. The Balaban J connectivity index is 1.59. The first-order valence-corrected chi connectivity index (χ1v) is 9.91. The predicted molar refractivity (Wildman–Crippen MR) is 110 cm³/mol. The Kier molecular flexibility index (Phi) is 7.34. The molecule has 0 saturated heterocycles. The summed E-state index contributed by atoms with van der Waals surface area (Å²) in [7, 11) is 0. The molecule has 0 radical (unpaired) electrons. The summed E-state index contributed by atoms with van der Waals surface area (Å²) < 4.78 is 48.7. The molecule has 2 amide bonds. The number of amides is 2. The molecule has 170 valence electrons. The van der Waals surface area contributed by atoms with Gasteiger partial charge in [-0.05, 0) is 35.2 Å². The Morgan fingerprint density at radius 2 is 1.78 bits per heavy atom. The minimum absolute atomic E-state index is 0.163. The van der Waals surface area contributed by atoms with Crippen LogP contribution >= 0.6 is 0 Å². The van der Waals surface area contributed by atoms with Gasteiger partial charge in [-0.2, -0.15) is 18.3 Å². The number of ether oxygens (including phenoxy) is 2. The van der Waals surface area contributed by atoms with Crippen LogP contribution in [0.4, 0.5) is 13.2 Å². The number of aryl methyl sites for hydroxylation is 1. The van der Waals surface area contributed by atoms with Gasteiger partial charge in [0, 0.05) is 12.6 Å². The van der Waals surface area contributed by atoms with Crippen molar-refractivity contribution in [2.24, 2.45) is 5.10 Å². The highest BCUT2D eigenvalue weighted by Crippen LogP contribution is 2.32. The third-order valence-corrected chi connectivity index (χ3v) is 4.79. The SMILES string of the molecule is CCc1ccc([C@@H](CC(=O)N/N=C\Cc2ccc3c(c2)OCO3)NC(=O)C(F)(F)F)cc1. The van der Waals surface area contributed by atoms with Crippen LogP contribution in [-0.4, -0.2) is 31.0 Å². The van der Waals surface area contributed by atoms with Crippen molar-refractivity contribution in [2.75, 3.05) is 6.79 Å². The van der Waals surface area contributed by atoms with Gasteiger partial charge < -0.3 is 14.8 Å². The van der Waals surface area contributed by atoms with E-state index in [0.29, 0.717) is 23.5 Å². The predicted octanol–water partition coefficient (Wildman–Crippen LogP) is 3.43. The van der Waals surface area contributed by atoms with E-state index in [0.717, 1.165) is 17.5 Å². The molecule has 1 atom stereocenters. The van der Waals surface area contributed by atoms with E-state index in [4.69, 9.17) is 9.47 Å². The van der Waals surface area contributed by atoms with Crippen molar-refractivity contribution in [2.45, 2.75) is 38.4 Å². The van der Waals surface area contributed by atoms with E-state index in [2.05, 4.69) is 10.5 Å². The fourth-order valence-electron chi connectivity index (χ4n) is 3.05. The quantitative estimate of drug-likeness (QED) is 0.477. The van der Waals surface area contributed by atoms with E-state index in [1.807, 2.05) is 18.3 Å². The van der Waals surface area contributed by atoms with Crippen molar-refractivity contribution in [3.05, 3.63) is 59.2 Å².